The third-order valence-electron chi connectivity index (χ3n) is 3.30. The molecule has 0 spiro atoms. The minimum atomic E-state index is -0.950. The summed E-state index contributed by atoms with van der Waals surface area (Å²) >= 11 is 12.2. The standard InChI is InChI=1S/C16H11Cl2FO2/c17-11-4-2-5-12(18)10(11)8-14(20)15-7-9-3-1-6-13(19)16(9)21-15/h1-7,14,20H,8H2. The van der Waals surface area contributed by atoms with Gasteiger partial charge in [-0.15, -0.1) is 0 Å². The first-order valence-corrected chi connectivity index (χ1v) is 7.11. The molecule has 21 heavy (non-hydrogen) atoms. The molecule has 3 rings (SSSR count). The number of hydrogen-bond donors (Lipinski definition) is 1. The Hall–Kier alpha value is -1.55. The van der Waals surface area contributed by atoms with Crippen LogP contribution in [0.4, 0.5) is 4.39 Å². The van der Waals surface area contributed by atoms with E-state index in [4.69, 9.17) is 27.6 Å². The van der Waals surface area contributed by atoms with Crippen LogP contribution in [0.2, 0.25) is 10.0 Å². The van der Waals surface area contributed by atoms with Gasteiger partial charge in [-0.2, -0.15) is 0 Å². The minimum absolute atomic E-state index is 0.136. The maximum Gasteiger partial charge on any atom is 0.170 e. The lowest BCUT2D eigenvalue weighted by molar-refractivity contribution is 0.152. The van der Waals surface area contributed by atoms with Crippen LogP contribution in [0.5, 0.6) is 0 Å². The summed E-state index contributed by atoms with van der Waals surface area (Å²) in [5.41, 5.74) is 0.770. The van der Waals surface area contributed by atoms with Crippen LogP contribution >= 0.6 is 23.2 Å². The fourth-order valence-corrected chi connectivity index (χ4v) is 2.78. The Morgan fingerprint density at radius 2 is 1.76 bits per heavy atom. The normalized spacial score (nSPS) is 12.8. The molecule has 0 saturated carbocycles. The molecule has 0 aliphatic carbocycles. The van der Waals surface area contributed by atoms with Gasteiger partial charge in [0.15, 0.2) is 11.4 Å². The third kappa shape index (κ3) is 2.77. The summed E-state index contributed by atoms with van der Waals surface area (Å²) in [5.74, 6) is -0.173. The predicted octanol–water partition coefficient (Wildman–Crippen LogP) is 5.15. The summed E-state index contributed by atoms with van der Waals surface area (Å²) in [6, 6.07) is 11.4. The van der Waals surface area contributed by atoms with Crippen LogP contribution in [0, 0.1) is 5.82 Å². The lowest BCUT2D eigenvalue weighted by atomic mass is 10.1. The molecule has 1 atom stereocenters. The highest BCUT2D eigenvalue weighted by Gasteiger charge is 2.18. The van der Waals surface area contributed by atoms with Crippen LogP contribution in [-0.2, 0) is 6.42 Å². The zero-order chi connectivity index (χ0) is 15.0. The topological polar surface area (TPSA) is 33.4 Å². The fraction of sp³-hybridized carbons (Fsp3) is 0.125. The summed E-state index contributed by atoms with van der Waals surface area (Å²) in [5, 5.41) is 11.8. The number of para-hydroxylation sites is 1. The monoisotopic (exact) mass is 324 g/mol. The highest BCUT2D eigenvalue weighted by atomic mass is 35.5. The van der Waals surface area contributed by atoms with Gasteiger partial charge in [-0.1, -0.05) is 41.4 Å². The molecule has 5 heteroatoms. The van der Waals surface area contributed by atoms with Gasteiger partial charge < -0.3 is 9.52 Å². The van der Waals surface area contributed by atoms with E-state index >= 15 is 0 Å². The van der Waals surface area contributed by atoms with Crippen molar-refractivity contribution >= 4 is 34.2 Å². The second kappa shape index (κ2) is 5.68. The van der Waals surface area contributed by atoms with Gasteiger partial charge in [0.05, 0.1) is 0 Å². The average Bonchev–Trinajstić information content (AvgIpc) is 2.88. The van der Waals surface area contributed by atoms with Crippen molar-refractivity contribution in [3.63, 3.8) is 0 Å². The summed E-state index contributed by atoms with van der Waals surface area (Å²) < 4.78 is 19.0. The number of rotatable bonds is 3. The summed E-state index contributed by atoms with van der Waals surface area (Å²) in [7, 11) is 0. The van der Waals surface area contributed by atoms with Gasteiger partial charge in [-0.25, -0.2) is 4.39 Å². The zero-order valence-electron chi connectivity index (χ0n) is 10.8. The van der Waals surface area contributed by atoms with Gasteiger partial charge in [0.1, 0.15) is 11.9 Å². The van der Waals surface area contributed by atoms with E-state index in [-0.39, 0.29) is 17.8 Å². The number of fused-ring (bicyclic) bond motifs is 1. The second-order valence-corrected chi connectivity index (χ2v) is 5.54. The molecule has 0 amide bonds. The number of halogens is 3. The average molecular weight is 325 g/mol. The molecule has 108 valence electrons. The van der Waals surface area contributed by atoms with E-state index in [0.717, 1.165) is 0 Å². The first-order chi connectivity index (χ1) is 10.1. The molecule has 0 bridgehead atoms. The predicted molar refractivity (Wildman–Crippen MR) is 81.3 cm³/mol. The summed E-state index contributed by atoms with van der Waals surface area (Å²) in [6.45, 7) is 0. The molecule has 3 aromatic rings. The molecule has 0 radical (unpaired) electrons. The van der Waals surface area contributed by atoms with E-state index in [1.807, 2.05) is 0 Å². The van der Waals surface area contributed by atoms with E-state index < -0.39 is 11.9 Å². The highest BCUT2D eigenvalue weighted by molar-refractivity contribution is 6.36. The largest absolute Gasteiger partial charge is 0.455 e. The first-order valence-electron chi connectivity index (χ1n) is 6.35. The molecule has 2 nitrogen and oxygen atoms in total. The van der Waals surface area contributed by atoms with Gasteiger partial charge in [0.25, 0.3) is 0 Å². The lowest BCUT2D eigenvalue weighted by Crippen LogP contribution is -2.01. The summed E-state index contributed by atoms with van der Waals surface area (Å²) in [6.07, 6.45) is -0.755. The maximum absolute atomic E-state index is 13.6. The van der Waals surface area contributed by atoms with Gasteiger partial charge in [-0.05, 0) is 29.8 Å². The molecular formula is C16H11Cl2FO2. The second-order valence-electron chi connectivity index (χ2n) is 4.73. The Labute approximate surface area is 130 Å². The molecule has 2 aromatic carbocycles. The summed E-state index contributed by atoms with van der Waals surface area (Å²) in [4.78, 5) is 0. The molecule has 0 aliphatic heterocycles. The maximum atomic E-state index is 13.6. The van der Waals surface area contributed by atoms with E-state index in [9.17, 15) is 9.50 Å². The van der Waals surface area contributed by atoms with Crippen molar-refractivity contribution in [2.45, 2.75) is 12.5 Å². The van der Waals surface area contributed by atoms with Gasteiger partial charge in [-0.3, -0.25) is 0 Å². The van der Waals surface area contributed by atoms with Crippen LogP contribution in [0.3, 0.4) is 0 Å². The van der Waals surface area contributed by atoms with Crippen molar-refractivity contribution < 1.29 is 13.9 Å². The van der Waals surface area contributed by atoms with Crippen molar-refractivity contribution in [1.82, 2.24) is 0 Å². The smallest absolute Gasteiger partial charge is 0.170 e. The minimum Gasteiger partial charge on any atom is -0.455 e. The van der Waals surface area contributed by atoms with Crippen LogP contribution in [-0.4, -0.2) is 5.11 Å². The van der Waals surface area contributed by atoms with Crippen molar-refractivity contribution in [3.05, 3.63) is 69.7 Å². The van der Waals surface area contributed by atoms with E-state index in [0.29, 0.717) is 21.0 Å². The molecule has 0 saturated heterocycles. The Balaban J connectivity index is 1.94. The zero-order valence-corrected chi connectivity index (χ0v) is 12.3. The number of benzene rings is 2. The number of furan rings is 1. The highest BCUT2D eigenvalue weighted by Crippen LogP contribution is 2.32. The quantitative estimate of drug-likeness (QED) is 0.722. The van der Waals surface area contributed by atoms with Gasteiger partial charge in [0.2, 0.25) is 0 Å². The SMILES string of the molecule is OC(Cc1c(Cl)cccc1Cl)c1cc2cccc(F)c2o1. The first kappa shape index (κ1) is 14.4. The van der Waals surface area contributed by atoms with Crippen molar-refractivity contribution in [1.29, 1.82) is 0 Å². The third-order valence-corrected chi connectivity index (χ3v) is 4.01. The molecule has 1 heterocycles. The van der Waals surface area contributed by atoms with Crippen LogP contribution < -0.4 is 0 Å². The number of aliphatic hydroxyl groups is 1. The van der Waals surface area contributed by atoms with Crippen LogP contribution in [0.25, 0.3) is 11.0 Å². The van der Waals surface area contributed by atoms with Gasteiger partial charge in [0, 0.05) is 21.9 Å². The van der Waals surface area contributed by atoms with Crippen LogP contribution in [0.15, 0.2) is 46.9 Å². The van der Waals surface area contributed by atoms with Crippen molar-refractivity contribution in [2.24, 2.45) is 0 Å². The molecule has 0 aliphatic rings. The Kier molecular flexibility index (Phi) is 3.89. The van der Waals surface area contributed by atoms with Gasteiger partial charge >= 0.3 is 0 Å². The Morgan fingerprint density at radius 1 is 1.10 bits per heavy atom. The van der Waals surface area contributed by atoms with E-state index in [2.05, 4.69) is 0 Å². The van der Waals surface area contributed by atoms with Crippen molar-refractivity contribution in [2.75, 3.05) is 0 Å². The van der Waals surface area contributed by atoms with E-state index in [1.54, 1.807) is 36.4 Å². The number of hydrogen-bond acceptors (Lipinski definition) is 2. The van der Waals surface area contributed by atoms with Crippen LogP contribution in [0.1, 0.15) is 17.4 Å². The lowest BCUT2D eigenvalue weighted by Gasteiger charge is -2.10. The van der Waals surface area contributed by atoms with E-state index in [1.165, 1.54) is 6.07 Å². The van der Waals surface area contributed by atoms with Crippen molar-refractivity contribution in [3.8, 4) is 0 Å². The molecule has 1 N–H and O–H groups in total. The molecule has 1 unspecified atom stereocenters. The Morgan fingerprint density at radius 3 is 2.43 bits per heavy atom. The fourth-order valence-electron chi connectivity index (χ4n) is 2.23. The Bertz CT molecular complexity index is 778. The molecular weight excluding hydrogens is 314 g/mol. The number of aliphatic hydroxyl groups excluding tert-OH is 1. The molecule has 0 fully saturated rings. The molecule has 1 aromatic heterocycles.